The molecular formula is C28H42Cl2N2O. The second kappa shape index (κ2) is 14.9. The second-order valence-electron chi connectivity index (χ2n) is 9.43. The van der Waals surface area contributed by atoms with Crippen molar-refractivity contribution in [1.82, 2.24) is 9.80 Å². The Hall–Kier alpha value is -1.26. The highest BCUT2D eigenvalue weighted by molar-refractivity contribution is 5.85. The molecule has 2 aromatic carbocycles. The van der Waals surface area contributed by atoms with Gasteiger partial charge in [0.1, 0.15) is 5.75 Å². The molecule has 0 N–H and O–H groups in total. The van der Waals surface area contributed by atoms with Gasteiger partial charge in [0.05, 0.1) is 7.11 Å². The van der Waals surface area contributed by atoms with Gasteiger partial charge in [0.25, 0.3) is 0 Å². The van der Waals surface area contributed by atoms with Gasteiger partial charge in [-0.1, -0.05) is 61.7 Å². The molecule has 0 amide bonds. The van der Waals surface area contributed by atoms with Crippen LogP contribution in [0.15, 0.2) is 48.5 Å². The Morgan fingerprint density at radius 1 is 0.758 bits per heavy atom. The summed E-state index contributed by atoms with van der Waals surface area (Å²) in [6.45, 7) is 7.19. The average molecular weight is 494 g/mol. The van der Waals surface area contributed by atoms with Gasteiger partial charge in [-0.25, -0.2) is 0 Å². The fraction of sp³-hybridized carbons (Fsp3) is 0.571. The first-order chi connectivity index (χ1) is 15.3. The van der Waals surface area contributed by atoms with Crippen LogP contribution in [0.5, 0.6) is 5.75 Å². The van der Waals surface area contributed by atoms with Crippen LogP contribution in [-0.2, 0) is 12.8 Å². The molecule has 0 atom stereocenters. The fourth-order valence-electron chi connectivity index (χ4n) is 5.34. The third-order valence-corrected chi connectivity index (χ3v) is 7.31. The highest BCUT2D eigenvalue weighted by atomic mass is 35.5. The number of piperazine rings is 1. The van der Waals surface area contributed by atoms with Crippen molar-refractivity contribution in [1.29, 1.82) is 0 Å². The van der Waals surface area contributed by atoms with E-state index in [2.05, 4.69) is 58.3 Å². The smallest absolute Gasteiger partial charge is 0.122 e. The van der Waals surface area contributed by atoms with Crippen molar-refractivity contribution in [2.75, 3.05) is 46.4 Å². The number of hydrogen-bond donors (Lipinski definition) is 0. The average Bonchev–Trinajstić information content (AvgIpc) is 2.84. The molecule has 3 nitrogen and oxygen atoms in total. The fourth-order valence-corrected chi connectivity index (χ4v) is 5.34. The Bertz CT molecular complexity index is 788. The summed E-state index contributed by atoms with van der Waals surface area (Å²) in [6, 6.07) is 17.9. The van der Waals surface area contributed by atoms with Gasteiger partial charge in [0.15, 0.2) is 0 Å². The van der Waals surface area contributed by atoms with Crippen molar-refractivity contribution in [3.63, 3.8) is 0 Å². The second-order valence-corrected chi connectivity index (χ2v) is 9.43. The normalized spacial score (nSPS) is 17.7. The van der Waals surface area contributed by atoms with Crippen LogP contribution in [0.2, 0.25) is 0 Å². The molecule has 2 aromatic rings. The highest BCUT2D eigenvalue weighted by Crippen LogP contribution is 2.37. The number of rotatable bonds is 9. The first-order valence-electron chi connectivity index (χ1n) is 12.5. The molecule has 1 saturated carbocycles. The zero-order valence-electron chi connectivity index (χ0n) is 20.2. The Morgan fingerprint density at radius 2 is 1.42 bits per heavy atom. The van der Waals surface area contributed by atoms with Gasteiger partial charge < -0.3 is 14.5 Å². The minimum atomic E-state index is 0. The third-order valence-electron chi connectivity index (χ3n) is 7.31. The Labute approximate surface area is 213 Å². The monoisotopic (exact) mass is 492 g/mol. The van der Waals surface area contributed by atoms with Crippen LogP contribution in [0.1, 0.15) is 61.1 Å². The van der Waals surface area contributed by atoms with E-state index < -0.39 is 0 Å². The lowest BCUT2D eigenvalue weighted by Crippen LogP contribution is -2.47. The van der Waals surface area contributed by atoms with Crippen molar-refractivity contribution in [3.8, 4) is 5.75 Å². The largest absolute Gasteiger partial charge is 0.496 e. The molecule has 0 radical (unpaired) electrons. The Morgan fingerprint density at radius 3 is 2.09 bits per heavy atom. The van der Waals surface area contributed by atoms with Crippen molar-refractivity contribution in [2.24, 2.45) is 0 Å². The summed E-state index contributed by atoms with van der Waals surface area (Å²) in [5.41, 5.74) is 4.32. The number of benzene rings is 2. The molecule has 0 aromatic heterocycles. The number of ether oxygens (including phenoxy) is 1. The first kappa shape index (κ1) is 28.0. The van der Waals surface area contributed by atoms with E-state index in [0.29, 0.717) is 5.92 Å². The molecule has 0 unspecified atom stereocenters. The summed E-state index contributed by atoms with van der Waals surface area (Å²) < 4.78 is 5.79. The van der Waals surface area contributed by atoms with Gasteiger partial charge in [-0.05, 0) is 67.3 Å². The predicted molar refractivity (Wildman–Crippen MR) is 145 cm³/mol. The minimum absolute atomic E-state index is 0. The molecule has 0 spiro atoms. The van der Waals surface area contributed by atoms with E-state index in [0.717, 1.165) is 18.7 Å². The van der Waals surface area contributed by atoms with Gasteiger partial charge >= 0.3 is 0 Å². The quantitative estimate of drug-likeness (QED) is 0.403. The van der Waals surface area contributed by atoms with E-state index in [4.69, 9.17) is 4.74 Å². The van der Waals surface area contributed by atoms with Gasteiger partial charge in [-0.2, -0.15) is 0 Å². The molecule has 0 bridgehead atoms. The predicted octanol–water partition coefficient (Wildman–Crippen LogP) is 6.38. The molecule has 33 heavy (non-hydrogen) atoms. The summed E-state index contributed by atoms with van der Waals surface area (Å²) in [6.07, 6.45) is 10.4. The molecule has 4 rings (SSSR count). The molecule has 1 aliphatic heterocycles. The number of hydrogen-bond acceptors (Lipinski definition) is 3. The van der Waals surface area contributed by atoms with Gasteiger partial charge in [0.2, 0.25) is 0 Å². The van der Waals surface area contributed by atoms with Crippen molar-refractivity contribution in [3.05, 3.63) is 65.2 Å². The zero-order valence-corrected chi connectivity index (χ0v) is 21.8. The molecule has 1 aliphatic carbocycles. The van der Waals surface area contributed by atoms with Crippen LogP contribution in [-0.4, -0.2) is 56.2 Å². The first-order valence-corrected chi connectivity index (χ1v) is 12.5. The topological polar surface area (TPSA) is 15.7 Å². The zero-order chi connectivity index (χ0) is 21.3. The maximum atomic E-state index is 5.79. The summed E-state index contributed by atoms with van der Waals surface area (Å²) in [5.74, 6) is 1.82. The van der Waals surface area contributed by atoms with Crippen LogP contribution in [0.4, 0.5) is 0 Å². The molecule has 2 fully saturated rings. The van der Waals surface area contributed by atoms with E-state index in [1.807, 2.05) is 7.11 Å². The van der Waals surface area contributed by atoms with E-state index in [9.17, 15) is 0 Å². The van der Waals surface area contributed by atoms with E-state index >= 15 is 0 Å². The van der Waals surface area contributed by atoms with Gasteiger partial charge in [-0.3, -0.25) is 0 Å². The molecule has 1 heterocycles. The Kier molecular flexibility index (Phi) is 12.6. The van der Waals surface area contributed by atoms with Gasteiger partial charge in [0, 0.05) is 32.7 Å². The Balaban J connectivity index is 0.00000193. The number of nitrogens with zero attached hydrogens (tertiary/aromatic N) is 2. The molecular weight excluding hydrogens is 451 g/mol. The molecule has 5 heteroatoms. The summed E-state index contributed by atoms with van der Waals surface area (Å²) in [7, 11) is 1.84. The van der Waals surface area contributed by atoms with Gasteiger partial charge in [-0.15, -0.1) is 24.8 Å². The molecule has 2 aliphatic rings. The number of methoxy groups -OCH3 is 1. The lowest BCUT2D eigenvalue weighted by molar-refractivity contribution is 0.132. The van der Waals surface area contributed by atoms with E-state index in [1.54, 1.807) is 0 Å². The summed E-state index contributed by atoms with van der Waals surface area (Å²) >= 11 is 0. The van der Waals surface area contributed by atoms with Crippen LogP contribution < -0.4 is 4.74 Å². The van der Waals surface area contributed by atoms with Crippen LogP contribution in [0.3, 0.4) is 0 Å². The van der Waals surface area contributed by atoms with Crippen molar-refractivity contribution >= 4 is 24.8 Å². The van der Waals surface area contributed by atoms with Crippen LogP contribution in [0, 0.1) is 0 Å². The molecule has 1 saturated heterocycles. The maximum absolute atomic E-state index is 5.79. The number of halogens is 2. The van der Waals surface area contributed by atoms with Crippen LogP contribution >= 0.6 is 24.8 Å². The molecule has 184 valence electrons. The highest BCUT2D eigenvalue weighted by Gasteiger charge is 2.20. The van der Waals surface area contributed by atoms with E-state index in [-0.39, 0.29) is 24.8 Å². The van der Waals surface area contributed by atoms with Crippen LogP contribution in [0.25, 0.3) is 0 Å². The standard InChI is InChI=1S/C28H40N2O.2ClH/c1-31-28-23-25(14-15-27(28)26-12-6-3-7-13-26)16-18-30-21-19-29(20-22-30)17-8-11-24-9-4-2-5-10-24;;/h2,4-5,9-10,14-15,23,26H,3,6-8,11-13,16-22H2,1H3;2*1H. The van der Waals surface area contributed by atoms with Crippen molar-refractivity contribution < 1.29 is 4.74 Å². The third kappa shape index (κ3) is 8.47. The SMILES string of the molecule is COc1cc(CCN2CCN(CCCc3ccccc3)CC2)ccc1C1CCCCC1.Cl.Cl. The summed E-state index contributed by atoms with van der Waals surface area (Å²) in [5, 5.41) is 0. The van der Waals surface area contributed by atoms with E-state index in [1.165, 1.54) is 94.4 Å². The minimum Gasteiger partial charge on any atom is -0.496 e. The summed E-state index contributed by atoms with van der Waals surface area (Å²) in [4.78, 5) is 5.27. The lowest BCUT2D eigenvalue weighted by Gasteiger charge is -2.34. The van der Waals surface area contributed by atoms with Crippen molar-refractivity contribution in [2.45, 2.75) is 57.3 Å². The lowest BCUT2D eigenvalue weighted by atomic mass is 9.83. The number of aryl methyl sites for hydroxylation is 1. The maximum Gasteiger partial charge on any atom is 0.122 e.